The van der Waals surface area contributed by atoms with Crippen LogP contribution in [0, 0.1) is 5.41 Å². The molecule has 0 bridgehead atoms. The van der Waals surface area contributed by atoms with Crippen molar-refractivity contribution in [3.05, 3.63) is 29.8 Å². The number of amides is 1. The van der Waals surface area contributed by atoms with E-state index < -0.39 is 15.4 Å². The molecule has 0 atom stereocenters. The van der Waals surface area contributed by atoms with Crippen molar-refractivity contribution >= 4 is 15.9 Å². The van der Waals surface area contributed by atoms with Gasteiger partial charge in [-0.05, 0) is 24.5 Å². The summed E-state index contributed by atoms with van der Waals surface area (Å²) in [5, 5.41) is 2.84. The number of carbonyl (C=O) groups is 1. The van der Waals surface area contributed by atoms with Crippen LogP contribution in [0.5, 0.6) is 0 Å². The number of nitrogens with one attached hydrogen (secondary N) is 1. The molecule has 130 valence electrons. The molecule has 1 aromatic carbocycles. The van der Waals surface area contributed by atoms with Crippen molar-refractivity contribution in [1.29, 1.82) is 0 Å². The van der Waals surface area contributed by atoms with E-state index >= 15 is 0 Å². The zero-order valence-corrected chi connectivity index (χ0v) is 15.1. The Bertz CT molecular complexity index is 629. The summed E-state index contributed by atoms with van der Waals surface area (Å²) in [4.78, 5) is 12.7. The van der Waals surface area contributed by atoms with E-state index in [2.05, 4.69) is 5.32 Å². The normalized spacial score (nSPS) is 12.4. The molecule has 0 spiro atoms. The van der Waals surface area contributed by atoms with Gasteiger partial charge in [-0.2, -0.15) is 0 Å². The Kier molecular flexibility index (Phi) is 6.73. The van der Waals surface area contributed by atoms with E-state index in [0.29, 0.717) is 18.4 Å². The highest BCUT2D eigenvalue weighted by Crippen LogP contribution is 2.25. The molecule has 1 aromatic rings. The maximum Gasteiger partial charge on any atom is 0.242 e. The van der Waals surface area contributed by atoms with Gasteiger partial charge in [-0.3, -0.25) is 4.79 Å². The minimum atomic E-state index is -3.55. The van der Waals surface area contributed by atoms with E-state index in [1.54, 1.807) is 24.3 Å². The summed E-state index contributed by atoms with van der Waals surface area (Å²) >= 11 is 0. The van der Waals surface area contributed by atoms with Crippen molar-refractivity contribution in [3.8, 4) is 0 Å². The molecule has 23 heavy (non-hydrogen) atoms. The summed E-state index contributed by atoms with van der Waals surface area (Å²) in [6, 6.07) is 6.68. The summed E-state index contributed by atoms with van der Waals surface area (Å²) in [6.45, 7) is 4.29. The van der Waals surface area contributed by atoms with Crippen molar-refractivity contribution in [2.75, 3.05) is 20.6 Å². The number of nitrogens with two attached hydrogens (primary N) is 1. The molecule has 1 rings (SSSR count). The molecular weight excluding hydrogens is 314 g/mol. The number of benzene rings is 1. The van der Waals surface area contributed by atoms with Crippen molar-refractivity contribution in [1.82, 2.24) is 9.62 Å². The average molecular weight is 341 g/mol. The number of sulfonamides is 1. The van der Waals surface area contributed by atoms with Gasteiger partial charge in [-0.25, -0.2) is 12.7 Å². The molecule has 0 aliphatic carbocycles. The van der Waals surface area contributed by atoms with Gasteiger partial charge in [0.2, 0.25) is 15.9 Å². The number of hydrogen-bond donors (Lipinski definition) is 2. The maximum atomic E-state index is 12.5. The van der Waals surface area contributed by atoms with E-state index in [-0.39, 0.29) is 23.9 Å². The van der Waals surface area contributed by atoms with Crippen LogP contribution < -0.4 is 11.1 Å². The highest BCUT2D eigenvalue weighted by Gasteiger charge is 2.33. The van der Waals surface area contributed by atoms with Gasteiger partial charge in [0.05, 0.1) is 10.3 Å². The predicted molar refractivity (Wildman–Crippen MR) is 91.2 cm³/mol. The van der Waals surface area contributed by atoms with Gasteiger partial charge in [-0.15, -0.1) is 0 Å². The summed E-state index contributed by atoms with van der Waals surface area (Å²) in [6.07, 6.45) is 1.28. The summed E-state index contributed by atoms with van der Waals surface area (Å²) in [5.74, 6) is -0.137. The lowest BCUT2D eigenvalue weighted by atomic mass is 9.81. The summed E-state index contributed by atoms with van der Waals surface area (Å²) < 4.78 is 25.9. The third-order valence-electron chi connectivity index (χ3n) is 4.40. The lowest BCUT2D eigenvalue weighted by molar-refractivity contribution is -0.131. The predicted octanol–water partition coefficient (Wildman–Crippen LogP) is 1.32. The van der Waals surface area contributed by atoms with E-state index in [1.165, 1.54) is 14.1 Å². The summed E-state index contributed by atoms with van der Waals surface area (Å²) in [5.41, 5.74) is 5.74. The second-order valence-corrected chi connectivity index (χ2v) is 7.89. The van der Waals surface area contributed by atoms with Crippen LogP contribution in [0.1, 0.15) is 32.3 Å². The van der Waals surface area contributed by atoms with Crippen molar-refractivity contribution in [3.63, 3.8) is 0 Å². The average Bonchev–Trinajstić information content (AvgIpc) is 2.55. The van der Waals surface area contributed by atoms with Crippen molar-refractivity contribution in [2.24, 2.45) is 11.1 Å². The molecule has 6 nitrogen and oxygen atoms in total. The molecule has 1 amide bonds. The zero-order chi connectivity index (χ0) is 17.7. The van der Waals surface area contributed by atoms with Crippen LogP contribution in [-0.4, -0.2) is 39.3 Å². The minimum absolute atomic E-state index is 0.137. The first-order chi connectivity index (χ1) is 10.7. The lowest BCUT2D eigenvalue weighted by Crippen LogP contribution is -2.45. The molecule has 0 heterocycles. The highest BCUT2D eigenvalue weighted by atomic mass is 32.2. The molecule has 0 fully saturated rings. The second kappa shape index (κ2) is 7.90. The Balaban J connectivity index is 3.02. The van der Waals surface area contributed by atoms with Crippen LogP contribution in [0.4, 0.5) is 0 Å². The number of nitrogens with zero attached hydrogens (tertiary/aromatic N) is 1. The Labute approximate surface area is 139 Å². The number of hydrogen-bond acceptors (Lipinski definition) is 4. The van der Waals surface area contributed by atoms with E-state index in [4.69, 9.17) is 5.73 Å². The Morgan fingerprint density at radius 2 is 1.78 bits per heavy atom. The highest BCUT2D eigenvalue weighted by molar-refractivity contribution is 7.89. The molecule has 0 aliphatic rings. The van der Waals surface area contributed by atoms with Crippen LogP contribution in [0.2, 0.25) is 0 Å². The first kappa shape index (κ1) is 19.6. The first-order valence-corrected chi connectivity index (χ1v) is 9.18. The molecule has 0 radical (unpaired) electrons. The molecular formula is C16H27N3O3S. The third kappa shape index (κ3) is 4.10. The van der Waals surface area contributed by atoms with Crippen LogP contribution in [0.3, 0.4) is 0 Å². The van der Waals surface area contributed by atoms with Gasteiger partial charge in [0.15, 0.2) is 0 Å². The molecule has 3 N–H and O–H groups in total. The molecule has 0 saturated carbocycles. The zero-order valence-electron chi connectivity index (χ0n) is 14.3. The van der Waals surface area contributed by atoms with Crippen LogP contribution in [0.15, 0.2) is 29.2 Å². The topological polar surface area (TPSA) is 92.5 Å². The van der Waals surface area contributed by atoms with Gasteiger partial charge in [-0.1, -0.05) is 32.0 Å². The van der Waals surface area contributed by atoms with Crippen LogP contribution >= 0.6 is 0 Å². The quantitative estimate of drug-likeness (QED) is 0.746. The molecule has 0 aliphatic heterocycles. The van der Waals surface area contributed by atoms with Gasteiger partial charge in [0.25, 0.3) is 0 Å². The third-order valence-corrected chi connectivity index (χ3v) is 6.31. The second-order valence-electron chi connectivity index (χ2n) is 5.77. The van der Waals surface area contributed by atoms with Gasteiger partial charge < -0.3 is 11.1 Å². The first-order valence-electron chi connectivity index (χ1n) is 7.74. The van der Waals surface area contributed by atoms with Gasteiger partial charge in [0, 0.05) is 27.2 Å². The molecule has 7 heteroatoms. The SMILES string of the molecule is CCC(CC)(CN)C(=O)NCc1ccccc1S(=O)(=O)N(C)C. The minimum Gasteiger partial charge on any atom is -0.351 e. The summed E-state index contributed by atoms with van der Waals surface area (Å²) in [7, 11) is -0.581. The number of rotatable bonds is 8. The Morgan fingerprint density at radius 1 is 1.22 bits per heavy atom. The van der Waals surface area contributed by atoms with E-state index in [0.717, 1.165) is 4.31 Å². The fourth-order valence-corrected chi connectivity index (χ4v) is 3.53. The smallest absolute Gasteiger partial charge is 0.242 e. The molecule has 0 saturated heterocycles. The van der Waals surface area contributed by atoms with E-state index in [1.807, 2.05) is 13.8 Å². The van der Waals surface area contributed by atoms with Crippen molar-refractivity contribution < 1.29 is 13.2 Å². The fourth-order valence-electron chi connectivity index (χ4n) is 2.41. The Morgan fingerprint density at radius 3 is 2.26 bits per heavy atom. The fraction of sp³-hybridized carbons (Fsp3) is 0.562. The number of carbonyl (C=O) groups excluding carboxylic acids is 1. The monoisotopic (exact) mass is 341 g/mol. The standard InChI is InChI=1S/C16H27N3O3S/c1-5-16(6-2,12-17)15(20)18-11-13-9-7-8-10-14(13)23(21,22)19(3)4/h7-10H,5-6,11-12,17H2,1-4H3,(H,18,20). The van der Waals surface area contributed by atoms with Gasteiger partial charge in [0.1, 0.15) is 0 Å². The lowest BCUT2D eigenvalue weighted by Gasteiger charge is -2.28. The Hall–Kier alpha value is -1.44. The van der Waals surface area contributed by atoms with Gasteiger partial charge >= 0.3 is 0 Å². The van der Waals surface area contributed by atoms with Crippen LogP contribution in [-0.2, 0) is 21.4 Å². The van der Waals surface area contributed by atoms with Crippen LogP contribution in [0.25, 0.3) is 0 Å². The largest absolute Gasteiger partial charge is 0.351 e. The maximum absolute atomic E-state index is 12.5. The van der Waals surface area contributed by atoms with Crippen molar-refractivity contribution in [2.45, 2.75) is 38.1 Å². The molecule has 0 aromatic heterocycles. The van der Waals surface area contributed by atoms with E-state index in [9.17, 15) is 13.2 Å². The molecule has 0 unspecified atom stereocenters.